The topological polar surface area (TPSA) is 137 Å². The number of ether oxygens (including phenoxy) is 4. The van der Waals surface area contributed by atoms with Crippen molar-refractivity contribution >= 4 is 46.5 Å². The van der Waals surface area contributed by atoms with Crippen molar-refractivity contribution in [3.63, 3.8) is 0 Å². The Bertz CT molecular complexity index is 1870. The molecule has 0 aromatic heterocycles. The minimum atomic E-state index is -0.781. The molecule has 5 rings (SSSR count). The summed E-state index contributed by atoms with van der Waals surface area (Å²) in [6, 6.07) is 22.7. The third-order valence-corrected chi connectivity index (χ3v) is 7.48. The van der Waals surface area contributed by atoms with Gasteiger partial charge in [-0.25, -0.2) is 15.0 Å². The van der Waals surface area contributed by atoms with Gasteiger partial charge in [-0.2, -0.15) is 5.10 Å². The quantitative estimate of drug-likeness (QED) is 0.0996. The van der Waals surface area contributed by atoms with E-state index in [0.29, 0.717) is 40.0 Å². The van der Waals surface area contributed by atoms with Gasteiger partial charge in [0.2, 0.25) is 0 Å². The van der Waals surface area contributed by atoms with Crippen LogP contribution in [-0.2, 0) is 20.9 Å². The third-order valence-electron chi connectivity index (χ3n) is 7.24. The van der Waals surface area contributed by atoms with Crippen molar-refractivity contribution in [2.75, 3.05) is 20.3 Å². The molecule has 0 fully saturated rings. The number of carbonyl (C=O) groups is 3. The molecule has 3 N–H and O–H groups in total. The highest BCUT2D eigenvalue weighted by Gasteiger charge is 2.32. The van der Waals surface area contributed by atoms with Gasteiger partial charge in [0.1, 0.15) is 12.4 Å². The number of nitrogens with one attached hydrogen (secondary N) is 3. The second kappa shape index (κ2) is 15.2. The highest BCUT2D eigenvalue weighted by Crippen LogP contribution is 2.35. The van der Waals surface area contributed by atoms with Crippen LogP contribution in [0.1, 0.15) is 36.6 Å². The molecule has 12 heteroatoms. The smallest absolute Gasteiger partial charge is 0.338 e. The molecule has 1 heterocycles. The second-order valence-corrected chi connectivity index (χ2v) is 10.8. The molecule has 0 bridgehead atoms. The van der Waals surface area contributed by atoms with Crippen molar-refractivity contribution in [2.45, 2.75) is 26.5 Å². The molecule has 0 aliphatic carbocycles. The van der Waals surface area contributed by atoms with Gasteiger partial charge in [-0.3, -0.25) is 4.79 Å². The molecular formula is C35H33ClN4O7. The zero-order valence-electron chi connectivity index (χ0n) is 26.0. The summed E-state index contributed by atoms with van der Waals surface area (Å²) in [5, 5.41) is 12.0. The van der Waals surface area contributed by atoms with E-state index in [1.54, 1.807) is 38.1 Å². The predicted octanol–water partition coefficient (Wildman–Crippen LogP) is 5.80. The van der Waals surface area contributed by atoms with Crippen LogP contribution in [-0.4, -0.2) is 44.4 Å². The van der Waals surface area contributed by atoms with Crippen LogP contribution in [0.25, 0.3) is 10.8 Å². The van der Waals surface area contributed by atoms with Crippen LogP contribution in [0.5, 0.6) is 17.2 Å². The normalized spacial score (nSPS) is 14.4. The number of hydrazone groups is 1. The van der Waals surface area contributed by atoms with Crippen molar-refractivity contribution in [3.8, 4) is 17.2 Å². The summed E-state index contributed by atoms with van der Waals surface area (Å²) in [4.78, 5) is 37.6. The number of rotatable bonds is 12. The van der Waals surface area contributed by atoms with Gasteiger partial charge in [-0.1, -0.05) is 60.1 Å². The van der Waals surface area contributed by atoms with Gasteiger partial charge in [0.05, 0.1) is 31.5 Å². The van der Waals surface area contributed by atoms with E-state index < -0.39 is 23.9 Å². The van der Waals surface area contributed by atoms with E-state index in [9.17, 15) is 14.4 Å². The molecule has 1 aliphatic rings. The number of fused-ring (bicyclic) bond motifs is 1. The minimum absolute atomic E-state index is 0.180. The molecule has 1 atom stereocenters. The average Bonchev–Trinajstić information content (AvgIpc) is 3.06. The van der Waals surface area contributed by atoms with Gasteiger partial charge in [0.25, 0.3) is 5.91 Å². The summed E-state index contributed by atoms with van der Waals surface area (Å²) in [5.41, 5.74) is 5.31. The molecule has 47 heavy (non-hydrogen) atoms. The van der Waals surface area contributed by atoms with Crippen molar-refractivity contribution in [1.82, 2.24) is 16.1 Å². The summed E-state index contributed by atoms with van der Waals surface area (Å²) >= 11 is 6.12. The standard InChI is InChI=1S/C35H33ClN4O7/c1-4-45-34(42)32-21(2)38-35(43)39-33(32)24-13-15-29(30(17-24)44-3)47-20-31(41)40-37-18-27-26-11-6-5-9-23(26)12-14-28(27)46-19-22-8-7-10-25(36)16-22/h5-18,33H,4,19-20H2,1-3H3,(H,40,41)(H2,38,39,43)/b37-18+/t33-/m1/s1. The van der Waals surface area contributed by atoms with Crippen LogP contribution in [0.4, 0.5) is 4.79 Å². The van der Waals surface area contributed by atoms with Crippen LogP contribution in [0.15, 0.2) is 95.2 Å². The van der Waals surface area contributed by atoms with E-state index in [4.69, 9.17) is 30.5 Å². The lowest BCUT2D eigenvalue weighted by Crippen LogP contribution is -2.45. The maximum Gasteiger partial charge on any atom is 0.338 e. The van der Waals surface area contributed by atoms with Crippen molar-refractivity contribution in [2.24, 2.45) is 5.10 Å². The number of allylic oxidation sites excluding steroid dienone is 1. The number of hydrogen-bond donors (Lipinski definition) is 3. The zero-order valence-corrected chi connectivity index (χ0v) is 26.7. The van der Waals surface area contributed by atoms with Crippen LogP contribution >= 0.6 is 11.6 Å². The second-order valence-electron chi connectivity index (χ2n) is 10.4. The van der Waals surface area contributed by atoms with E-state index >= 15 is 0 Å². The van der Waals surface area contributed by atoms with Gasteiger partial charge < -0.3 is 29.6 Å². The first-order chi connectivity index (χ1) is 22.8. The Morgan fingerprint density at radius 1 is 0.979 bits per heavy atom. The summed E-state index contributed by atoms with van der Waals surface area (Å²) in [5.74, 6) is 0.0958. The van der Waals surface area contributed by atoms with Crippen molar-refractivity contribution in [3.05, 3.63) is 112 Å². The van der Waals surface area contributed by atoms with Gasteiger partial charge in [0, 0.05) is 16.3 Å². The fraction of sp³-hybridized carbons (Fsp3) is 0.200. The van der Waals surface area contributed by atoms with E-state index in [0.717, 1.165) is 16.3 Å². The monoisotopic (exact) mass is 656 g/mol. The van der Waals surface area contributed by atoms with E-state index in [-0.39, 0.29) is 24.5 Å². The lowest BCUT2D eigenvalue weighted by atomic mass is 9.95. The number of amides is 3. The summed E-state index contributed by atoms with van der Waals surface area (Å²) in [7, 11) is 1.45. The van der Waals surface area contributed by atoms with Crippen LogP contribution in [0, 0.1) is 0 Å². The zero-order chi connectivity index (χ0) is 33.3. The molecule has 4 aromatic rings. The molecule has 0 saturated carbocycles. The lowest BCUT2D eigenvalue weighted by molar-refractivity contribution is -0.139. The highest BCUT2D eigenvalue weighted by molar-refractivity contribution is 6.30. The fourth-order valence-corrected chi connectivity index (χ4v) is 5.29. The molecule has 0 saturated heterocycles. The number of methoxy groups -OCH3 is 1. The summed E-state index contributed by atoms with van der Waals surface area (Å²) < 4.78 is 22.5. The summed E-state index contributed by atoms with van der Waals surface area (Å²) in [6.07, 6.45) is 1.53. The maximum atomic E-state index is 12.7. The fourth-order valence-electron chi connectivity index (χ4n) is 5.07. The van der Waals surface area contributed by atoms with Crippen LogP contribution in [0.3, 0.4) is 0 Å². The van der Waals surface area contributed by atoms with Crippen molar-refractivity contribution in [1.29, 1.82) is 0 Å². The predicted molar refractivity (Wildman–Crippen MR) is 178 cm³/mol. The van der Waals surface area contributed by atoms with E-state index in [1.807, 2.05) is 54.6 Å². The van der Waals surface area contributed by atoms with E-state index in [1.165, 1.54) is 13.3 Å². The van der Waals surface area contributed by atoms with Crippen molar-refractivity contribution < 1.29 is 33.3 Å². The molecule has 0 unspecified atom stereocenters. The Balaban J connectivity index is 1.27. The number of urea groups is 1. The lowest BCUT2D eigenvalue weighted by Gasteiger charge is -2.28. The Kier molecular flexibility index (Phi) is 10.6. The molecule has 11 nitrogen and oxygen atoms in total. The molecule has 0 spiro atoms. The molecule has 4 aromatic carbocycles. The van der Waals surface area contributed by atoms with Gasteiger partial charge in [-0.05, 0) is 66.1 Å². The first-order valence-electron chi connectivity index (χ1n) is 14.7. The summed E-state index contributed by atoms with van der Waals surface area (Å²) in [6.45, 7) is 3.44. The van der Waals surface area contributed by atoms with E-state index in [2.05, 4.69) is 21.2 Å². The number of esters is 1. The first-order valence-corrected chi connectivity index (χ1v) is 15.1. The number of halogens is 1. The average molecular weight is 657 g/mol. The maximum absolute atomic E-state index is 12.7. The van der Waals surface area contributed by atoms with Gasteiger partial charge in [0.15, 0.2) is 18.1 Å². The Hall–Kier alpha value is -5.55. The van der Waals surface area contributed by atoms with Gasteiger partial charge in [-0.15, -0.1) is 0 Å². The minimum Gasteiger partial charge on any atom is -0.493 e. The van der Waals surface area contributed by atoms with Gasteiger partial charge >= 0.3 is 12.0 Å². The Labute approximate surface area is 276 Å². The number of benzene rings is 4. The number of carbonyl (C=O) groups excluding carboxylic acids is 3. The highest BCUT2D eigenvalue weighted by atomic mass is 35.5. The molecular weight excluding hydrogens is 624 g/mol. The SMILES string of the molecule is CCOC(=O)C1=C(C)NC(=O)N[C@@H]1c1ccc(OCC(=O)N/N=C/c2c(OCc3cccc(Cl)c3)ccc3ccccc23)c(OC)c1. The number of hydrogen-bond acceptors (Lipinski definition) is 8. The third kappa shape index (κ3) is 8.00. The Morgan fingerprint density at radius 2 is 1.79 bits per heavy atom. The number of nitrogens with zero attached hydrogens (tertiary/aromatic N) is 1. The van der Waals surface area contributed by atoms with Crippen LogP contribution < -0.4 is 30.3 Å². The molecule has 3 amide bonds. The molecule has 0 radical (unpaired) electrons. The largest absolute Gasteiger partial charge is 0.493 e. The molecule has 242 valence electrons. The van der Waals surface area contributed by atoms with Crippen LogP contribution in [0.2, 0.25) is 5.02 Å². The first kappa shape index (κ1) is 32.8. The molecule has 1 aliphatic heterocycles. The Morgan fingerprint density at radius 3 is 2.57 bits per heavy atom.